The summed E-state index contributed by atoms with van der Waals surface area (Å²) in [6.07, 6.45) is 0. The van der Waals surface area contributed by atoms with Crippen LogP contribution in [0.4, 0.5) is 5.69 Å². The van der Waals surface area contributed by atoms with Gasteiger partial charge in [0.25, 0.3) is 11.6 Å². The van der Waals surface area contributed by atoms with Crippen molar-refractivity contribution in [2.24, 2.45) is 0 Å². The van der Waals surface area contributed by atoms with E-state index < -0.39 is 4.92 Å². The van der Waals surface area contributed by atoms with E-state index in [1.54, 1.807) is 24.3 Å². The molecule has 0 N–H and O–H groups in total. The van der Waals surface area contributed by atoms with E-state index >= 15 is 0 Å². The minimum absolute atomic E-state index is 0.138. The van der Waals surface area contributed by atoms with E-state index in [1.165, 1.54) is 22.8 Å². The molecule has 1 aromatic heterocycles. The molecule has 0 fully saturated rings. The van der Waals surface area contributed by atoms with Crippen LogP contribution in [0.3, 0.4) is 0 Å². The topological polar surface area (TPSA) is 95.1 Å². The minimum atomic E-state index is -0.523. The average Bonchev–Trinajstić information content (AvgIpc) is 3.11. The van der Waals surface area contributed by atoms with Gasteiger partial charge in [-0.3, -0.25) is 24.3 Å². The van der Waals surface area contributed by atoms with Crippen molar-refractivity contribution in [3.05, 3.63) is 99.1 Å². The number of carbonyl (C=O) groups excluding carboxylic acids is 2. The van der Waals surface area contributed by atoms with E-state index in [9.17, 15) is 19.7 Å². The molecule has 154 valence electrons. The first-order valence-corrected chi connectivity index (χ1v) is 10.2. The highest BCUT2D eigenvalue weighted by Gasteiger charge is 2.23. The normalized spacial score (nSPS) is 10.9. The molecule has 8 heteroatoms. The predicted molar refractivity (Wildman–Crippen MR) is 119 cm³/mol. The lowest BCUT2D eigenvalue weighted by molar-refractivity contribution is -0.384. The van der Waals surface area contributed by atoms with Crippen LogP contribution in [0.5, 0.6) is 0 Å². The summed E-state index contributed by atoms with van der Waals surface area (Å²) in [5, 5.41) is 11.0. The number of rotatable bonds is 4. The van der Waals surface area contributed by atoms with Gasteiger partial charge >= 0.3 is 0 Å². The second kappa shape index (κ2) is 8.16. The average molecular weight is 431 g/mol. The van der Waals surface area contributed by atoms with Gasteiger partial charge in [0.2, 0.25) is 5.12 Å². The van der Waals surface area contributed by atoms with E-state index in [1.807, 2.05) is 38.1 Å². The molecule has 4 aromatic rings. The van der Waals surface area contributed by atoms with Crippen molar-refractivity contribution in [3.8, 4) is 0 Å². The van der Waals surface area contributed by atoms with E-state index in [0.717, 1.165) is 22.9 Å². The number of nitro benzene ring substituents is 1. The van der Waals surface area contributed by atoms with Crippen molar-refractivity contribution in [1.82, 2.24) is 9.55 Å². The summed E-state index contributed by atoms with van der Waals surface area (Å²) >= 11 is 0.818. The molecule has 0 aliphatic heterocycles. The molecule has 0 amide bonds. The zero-order valence-corrected chi connectivity index (χ0v) is 17.6. The van der Waals surface area contributed by atoms with Crippen molar-refractivity contribution in [2.45, 2.75) is 19.0 Å². The second-order valence-electron chi connectivity index (χ2n) is 7.09. The zero-order chi connectivity index (χ0) is 22.1. The van der Waals surface area contributed by atoms with Crippen LogP contribution in [0, 0.1) is 24.0 Å². The van der Waals surface area contributed by atoms with Crippen molar-refractivity contribution >= 4 is 39.5 Å². The Morgan fingerprint density at radius 2 is 1.48 bits per heavy atom. The Bertz CT molecular complexity index is 1330. The quantitative estimate of drug-likeness (QED) is 0.251. The standard InChI is InChI=1S/C23H17N3O4S/c1-14-3-7-16(8-4-14)21(27)25-20-12-11-18(26(29)30)13-19(20)24-23(25)31-22(28)17-9-5-15(2)6-10-17/h3-13H,1-2H3. The zero-order valence-electron chi connectivity index (χ0n) is 16.7. The molecule has 0 atom stereocenters. The molecule has 0 spiro atoms. The van der Waals surface area contributed by atoms with Gasteiger partial charge in [-0.1, -0.05) is 47.5 Å². The molecule has 0 aliphatic rings. The maximum absolute atomic E-state index is 13.3. The Hall–Kier alpha value is -3.78. The van der Waals surface area contributed by atoms with Gasteiger partial charge in [-0.25, -0.2) is 4.98 Å². The molecule has 7 nitrogen and oxygen atoms in total. The van der Waals surface area contributed by atoms with Crippen LogP contribution in [0.15, 0.2) is 71.9 Å². The summed E-state index contributed by atoms with van der Waals surface area (Å²) in [6, 6.07) is 18.2. The van der Waals surface area contributed by atoms with Crippen molar-refractivity contribution in [2.75, 3.05) is 0 Å². The Kier molecular flexibility index (Phi) is 5.39. The summed E-state index contributed by atoms with van der Waals surface area (Å²) in [5.41, 5.74) is 3.46. The van der Waals surface area contributed by atoms with Crippen LogP contribution < -0.4 is 0 Å². The third-order valence-corrected chi connectivity index (χ3v) is 5.67. The van der Waals surface area contributed by atoms with Crippen molar-refractivity contribution in [1.29, 1.82) is 0 Å². The Labute approximate surface area is 181 Å². The monoisotopic (exact) mass is 431 g/mol. The van der Waals surface area contributed by atoms with Crippen LogP contribution in [-0.2, 0) is 0 Å². The summed E-state index contributed by atoms with van der Waals surface area (Å²) in [4.78, 5) is 41.1. The lowest BCUT2D eigenvalue weighted by Gasteiger charge is -2.08. The number of aromatic nitrogens is 2. The summed E-state index contributed by atoms with van der Waals surface area (Å²) in [7, 11) is 0. The van der Waals surface area contributed by atoms with Gasteiger partial charge < -0.3 is 0 Å². The Balaban J connectivity index is 1.82. The van der Waals surface area contributed by atoms with Crippen LogP contribution in [0.1, 0.15) is 31.8 Å². The number of hydrogen-bond acceptors (Lipinski definition) is 6. The molecule has 3 aromatic carbocycles. The molecule has 4 rings (SSSR count). The van der Waals surface area contributed by atoms with Crippen LogP contribution >= 0.6 is 11.8 Å². The van der Waals surface area contributed by atoms with Crippen LogP contribution in [0.25, 0.3) is 11.0 Å². The third kappa shape index (κ3) is 4.10. The van der Waals surface area contributed by atoms with Gasteiger partial charge in [-0.2, -0.15) is 0 Å². The number of non-ortho nitro benzene ring substituents is 1. The minimum Gasteiger partial charge on any atom is -0.281 e. The van der Waals surface area contributed by atoms with Gasteiger partial charge in [0, 0.05) is 23.3 Å². The SMILES string of the molecule is Cc1ccc(C(=O)Sc2nc3cc([N+](=O)[O-])ccc3n2C(=O)c2ccc(C)cc2)cc1. The number of hydrogen-bond donors (Lipinski definition) is 0. The highest BCUT2D eigenvalue weighted by molar-refractivity contribution is 8.14. The lowest BCUT2D eigenvalue weighted by Crippen LogP contribution is -2.14. The van der Waals surface area contributed by atoms with Gasteiger partial charge in [-0.15, -0.1) is 0 Å². The molecule has 0 bridgehead atoms. The number of carbonyl (C=O) groups is 2. The second-order valence-corrected chi connectivity index (χ2v) is 8.03. The smallest absolute Gasteiger partial charge is 0.271 e. The lowest BCUT2D eigenvalue weighted by atomic mass is 10.1. The number of nitrogens with zero attached hydrogens (tertiary/aromatic N) is 3. The summed E-state index contributed by atoms with van der Waals surface area (Å²) < 4.78 is 1.33. The number of benzene rings is 3. The summed E-state index contributed by atoms with van der Waals surface area (Å²) in [6.45, 7) is 3.84. The predicted octanol–water partition coefficient (Wildman–Crippen LogP) is 5.18. The van der Waals surface area contributed by atoms with E-state index in [0.29, 0.717) is 16.6 Å². The number of aryl methyl sites for hydroxylation is 2. The first-order chi connectivity index (χ1) is 14.8. The fourth-order valence-corrected chi connectivity index (χ4v) is 3.92. The number of nitro groups is 1. The van der Waals surface area contributed by atoms with E-state index in [2.05, 4.69) is 4.98 Å². The van der Waals surface area contributed by atoms with E-state index in [-0.39, 0.29) is 27.4 Å². The summed E-state index contributed by atoms with van der Waals surface area (Å²) in [5.74, 6) is -0.365. The molecular weight excluding hydrogens is 414 g/mol. The first kappa shape index (κ1) is 20.5. The molecule has 0 saturated heterocycles. The van der Waals surface area contributed by atoms with Gasteiger partial charge in [-0.05, 0) is 43.8 Å². The first-order valence-electron chi connectivity index (χ1n) is 9.40. The number of thioether (sulfide) groups is 1. The Morgan fingerprint density at radius 1 is 0.903 bits per heavy atom. The van der Waals surface area contributed by atoms with Crippen molar-refractivity contribution in [3.63, 3.8) is 0 Å². The maximum Gasteiger partial charge on any atom is 0.271 e. The molecule has 0 saturated carbocycles. The Morgan fingerprint density at radius 3 is 2.06 bits per heavy atom. The van der Waals surface area contributed by atoms with Crippen LogP contribution in [0.2, 0.25) is 0 Å². The third-order valence-electron chi connectivity index (χ3n) is 4.79. The highest BCUT2D eigenvalue weighted by Crippen LogP contribution is 2.30. The molecule has 0 unspecified atom stereocenters. The van der Waals surface area contributed by atoms with Gasteiger partial charge in [0.05, 0.1) is 16.0 Å². The van der Waals surface area contributed by atoms with Crippen LogP contribution in [-0.4, -0.2) is 25.5 Å². The highest BCUT2D eigenvalue weighted by atomic mass is 32.2. The van der Waals surface area contributed by atoms with Crippen molar-refractivity contribution < 1.29 is 14.5 Å². The molecule has 0 aliphatic carbocycles. The number of fused-ring (bicyclic) bond motifs is 1. The fraction of sp³-hybridized carbons (Fsp3) is 0.0870. The molecule has 0 radical (unpaired) electrons. The fourth-order valence-electron chi connectivity index (χ4n) is 3.08. The molecular formula is C23H17N3O4S. The van der Waals surface area contributed by atoms with E-state index in [4.69, 9.17) is 0 Å². The van der Waals surface area contributed by atoms with Gasteiger partial charge in [0.1, 0.15) is 0 Å². The molecule has 31 heavy (non-hydrogen) atoms. The number of imidazole rings is 1. The largest absolute Gasteiger partial charge is 0.281 e. The maximum atomic E-state index is 13.3. The van der Waals surface area contributed by atoms with Gasteiger partial charge in [0.15, 0.2) is 5.16 Å². The molecule has 1 heterocycles.